The number of nitrogens with zero attached hydrogens (tertiary/aromatic N) is 1. The van der Waals surface area contributed by atoms with Crippen molar-refractivity contribution in [2.45, 2.75) is 51.4 Å². The van der Waals surface area contributed by atoms with Crippen LogP contribution in [0.15, 0.2) is 48.5 Å². The number of rotatable bonds is 11. The molecule has 37 heavy (non-hydrogen) atoms. The van der Waals surface area contributed by atoms with Gasteiger partial charge in [0.05, 0.1) is 48.2 Å². The molecule has 9 heteroatoms. The monoisotopic (exact) mass is 507 g/mol. The first-order valence-corrected chi connectivity index (χ1v) is 12.5. The summed E-state index contributed by atoms with van der Waals surface area (Å²) in [5, 5.41) is 13.1. The lowest BCUT2D eigenvalue weighted by Gasteiger charge is -2.30. The van der Waals surface area contributed by atoms with E-state index in [4.69, 9.17) is 19.9 Å². The summed E-state index contributed by atoms with van der Waals surface area (Å²) >= 11 is 0. The Morgan fingerprint density at radius 2 is 1.76 bits per heavy atom. The second kappa shape index (κ2) is 12.5. The minimum absolute atomic E-state index is 0.0000496. The molecule has 4 N–H and O–H groups in total. The number of ether oxygens (including phenoxy) is 3. The highest BCUT2D eigenvalue weighted by molar-refractivity contribution is 6.06. The van der Waals surface area contributed by atoms with Crippen LogP contribution in [0.25, 0.3) is 10.9 Å². The maximum Gasteiger partial charge on any atom is 0.339 e. The first-order chi connectivity index (χ1) is 17.9. The Hall–Kier alpha value is -3.69. The number of nitrogen functional groups attached to an aromatic ring is 1. The Kier molecular flexibility index (Phi) is 8.92. The van der Waals surface area contributed by atoms with Crippen LogP contribution >= 0.6 is 0 Å². The van der Waals surface area contributed by atoms with Crippen molar-refractivity contribution in [1.82, 2.24) is 10.3 Å². The standard InChI is InChI=1S/C28H33N3O6/c1-18-25(28(33)34)27(29)26-22(30-18)8-5-9-23(26)37-21-12-10-20(11-13-21)31-24(32)17-36-15-14-35-16-19-6-3-2-4-7-19/h2-9,20-21H,10-17H2,1H3,(H2,29,30)(H,31,32)(H,33,34)/t20-,21-. The summed E-state index contributed by atoms with van der Waals surface area (Å²) in [7, 11) is 0. The van der Waals surface area contributed by atoms with E-state index < -0.39 is 5.97 Å². The van der Waals surface area contributed by atoms with Gasteiger partial charge >= 0.3 is 5.97 Å². The van der Waals surface area contributed by atoms with Gasteiger partial charge in [-0.25, -0.2) is 4.79 Å². The maximum atomic E-state index is 12.3. The molecule has 0 saturated heterocycles. The number of fused-ring (bicyclic) bond motifs is 1. The highest BCUT2D eigenvalue weighted by Crippen LogP contribution is 2.35. The summed E-state index contributed by atoms with van der Waals surface area (Å²) in [6.45, 7) is 2.93. The molecule has 0 aliphatic heterocycles. The Labute approximate surface area is 215 Å². The van der Waals surface area contributed by atoms with Crippen LogP contribution in [0, 0.1) is 6.92 Å². The molecule has 0 bridgehead atoms. The van der Waals surface area contributed by atoms with Gasteiger partial charge in [0.25, 0.3) is 0 Å². The lowest BCUT2D eigenvalue weighted by atomic mass is 9.93. The van der Waals surface area contributed by atoms with E-state index in [1.165, 1.54) is 0 Å². The summed E-state index contributed by atoms with van der Waals surface area (Å²) in [6, 6.07) is 15.4. The molecule has 1 saturated carbocycles. The molecule has 0 spiro atoms. The number of carboxylic acid groups (broad SMARTS) is 1. The Morgan fingerprint density at radius 1 is 1.03 bits per heavy atom. The molecule has 1 aliphatic rings. The molecule has 196 valence electrons. The fourth-order valence-corrected chi connectivity index (χ4v) is 4.63. The van der Waals surface area contributed by atoms with Crippen molar-refractivity contribution in [1.29, 1.82) is 0 Å². The SMILES string of the molecule is Cc1nc2cccc(O[C@H]3CC[C@H](NC(=O)COCCOCc4ccccc4)CC3)c2c(N)c1C(=O)O. The molecule has 1 heterocycles. The Bertz CT molecular complexity index is 1230. The predicted octanol–water partition coefficient (Wildman–Crippen LogP) is 3.86. The van der Waals surface area contributed by atoms with Gasteiger partial charge < -0.3 is 30.4 Å². The first-order valence-electron chi connectivity index (χ1n) is 12.5. The lowest BCUT2D eigenvalue weighted by molar-refractivity contribution is -0.127. The van der Waals surface area contributed by atoms with E-state index in [1.807, 2.05) is 36.4 Å². The topological polar surface area (TPSA) is 133 Å². The third-order valence-electron chi connectivity index (χ3n) is 6.46. The molecule has 9 nitrogen and oxygen atoms in total. The molecule has 2 aromatic carbocycles. The van der Waals surface area contributed by atoms with Crippen molar-refractivity contribution in [3.8, 4) is 5.75 Å². The average Bonchev–Trinajstić information content (AvgIpc) is 2.87. The number of carbonyl (C=O) groups excluding carboxylic acids is 1. The zero-order chi connectivity index (χ0) is 26.2. The molecule has 3 aromatic rings. The molecule has 1 fully saturated rings. The summed E-state index contributed by atoms with van der Waals surface area (Å²) in [6.07, 6.45) is 2.98. The largest absolute Gasteiger partial charge is 0.490 e. The summed E-state index contributed by atoms with van der Waals surface area (Å²) in [5.41, 5.74) is 8.46. The van der Waals surface area contributed by atoms with Gasteiger partial charge in [-0.15, -0.1) is 0 Å². The number of hydrogen-bond acceptors (Lipinski definition) is 7. The van der Waals surface area contributed by atoms with Gasteiger partial charge in [0.2, 0.25) is 5.91 Å². The molecule has 1 amide bonds. The van der Waals surface area contributed by atoms with Gasteiger partial charge in [0.15, 0.2) is 0 Å². The molecule has 0 radical (unpaired) electrons. The number of aromatic nitrogens is 1. The first kappa shape index (κ1) is 26.4. The van der Waals surface area contributed by atoms with Gasteiger partial charge in [-0.2, -0.15) is 0 Å². The van der Waals surface area contributed by atoms with Crippen molar-refractivity contribution in [2.24, 2.45) is 0 Å². The van der Waals surface area contributed by atoms with Crippen LogP contribution in [0.1, 0.15) is 47.3 Å². The van der Waals surface area contributed by atoms with Crippen molar-refractivity contribution >= 4 is 28.5 Å². The van der Waals surface area contributed by atoms with E-state index in [0.29, 0.717) is 42.2 Å². The number of aryl methyl sites for hydroxylation is 1. The van der Waals surface area contributed by atoms with E-state index in [2.05, 4.69) is 10.3 Å². The van der Waals surface area contributed by atoms with Gasteiger partial charge in [-0.1, -0.05) is 36.4 Å². The highest BCUT2D eigenvalue weighted by Gasteiger charge is 2.25. The number of nitrogens with two attached hydrogens (primary N) is 1. The maximum absolute atomic E-state index is 12.3. The van der Waals surface area contributed by atoms with Crippen LogP contribution in [-0.2, 0) is 20.9 Å². The third-order valence-corrected chi connectivity index (χ3v) is 6.46. The number of nitrogens with one attached hydrogen (secondary N) is 1. The van der Waals surface area contributed by atoms with Crippen LogP contribution in [0.4, 0.5) is 5.69 Å². The zero-order valence-corrected chi connectivity index (χ0v) is 20.9. The van der Waals surface area contributed by atoms with Crippen LogP contribution in [-0.4, -0.2) is 53.9 Å². The fraction of sp³-hybridized carbons (Fsp3) is 0.393. The minimum atomic E-state index is -1.11. The molecule has 0 unspecified atom stereocenters. The number of hydrogen-bond donors (Lipinski definition) is 3. The molecular weight excluding hydrogens is 474 g/mol. The second-order valence-electron chi connectivity index (χ2n) is 9.19. The third kappa shape index (κ3) is 6.96. The van der Waals surface area contributed by atoms with Crippen molar-refractivity contribution in [2.75, 3.05) is 25.6 Å². The molecule has 1 aromatic heterocycles. The molecule has 0 atom stereocenters. The van der Waals surface area contributed by atoms with Gasteiger partial charge in [-0.05, 0) is 50.3 Å². The van der Waals surface area contributed by atoms with E-state index in [9.17, 15) is 14.7 Å². The number of benzene rings is 2. The number of pyridine rings is 1. The van der Waals surface area contributed by atoms with E-state index in [1.54, 1.807) is 19.1 Å². The Balaban J connectivity index is 1.20. The van der Waals surface area contributed by atoms with E-state index in [0.717, 1.165) is 31.2 Å². The number of anilines is 1. The van der Waals surface area contributed by atoms with Gasteiger partial charge in [0, 0.05) is 6.04 Å². The van der Waals surface area contributed by atoms with Crippen LogP contribution in [0.5, 0.6) is 5.75 Å². The second-order valence-corrected chi connectivity index (χ2v) is 9.19. The number of carbonyl (C=O) groups is 2. The summed E-state index contributed by atoms with van der Waals surface area (Å²) < 4.78 is 17.2. The lowest BCUT2D eigenvalue weighted by Crippen LogP contribution is -2.41. The number of carboxylic acids is 1. The molecule has 1 aliphatic carbocycles. The van der Waals surface area contributed by atoms with Crippen molar-refractivity contribution in [3.05, 3.63) is 65.4 Å². The smallest absolute Gasteiger partial charge is 0.339 e. The van der Waals surface area contributed by atoms with Crippen LogP contribution in [0.2, 0.25) is 0 Å². The Morgan fingerprint density at radius 3 is 2.49 bits per heavy atom. The minimum Gasteiger partial charge on any atom is -0.490 e. The van der Waals surface area contributed by atoms with E-state index in [-0.39, 0.29) is 35.9 Å². The number of aromatic carboxylic acids is 1. The average molecular weight is 508 g/mol. The molecular formula is C28H33N3O6. The summed E-state index contributed by atoms with van der Waals surface area (Å²) in [5.74, 6) is -0.726. The van der Waals surface area contributed by atoms with Gasteiger partial charge in [-0.3, -0.25) is 9.78 Å². The quantitative estimate of drug-likeness (QED) is 0.333. The highest BCUT2D eigenvalue weighted by atomic mass is 16.5. The molecule has 4 rings (SSSR count). The van der Waals surface area contributed by atoms with Gasteiger partial charge in [0.1, 0.15) is 17.9 Å². The van der Waals surface area contributed by atoms with Crippen LogP contribution < -0.4 is 15.8 Å². The summed E-state index contributed by atoms with van der Waals surface area (Å²) in [4.78, 5) is 28.3. The fourth-order valence-electron chi connectivity index (χ4n) is 4.63. The van der Waals surface area contributed by atoms with Crippen molar-refractivity contribution < 1.29 is 28.9 Å². The van der Waals surface area contributed by atoms with E-state index >= 15 is 0 Å². The predicted molar refractivity (Wildman–Crippen MR) is 140 cm³/mol. The number of amides is 1. The van der Waals surface area contributed by atoms with Crippen LogP contribution in [0.3, 0.4) is 0 Å². The normalized spacial score (nSPS) is 17.4. The van der Waals surface area contributed by atoms with Crippen molar-refractivity contribution in [3.63, 3.8) is 0 Å². The zero-order valence-electron chi connectivity index (χ0n) is 20.9.